The van der Waals surface area contributed by atoms with E-state index in [2.05, 4.69) is 5.32 Å². The molecule has 1 aromatic rings. The van der Waals surface area contributed by atoms with Crippen LogP contribution < -0.4 is 19.5 Å². The second-order valence-corrected chi connectivity index (χ2v) is 7.46. The van der Waals surface area contributed by atoms with Gasteiger partial charge < -0.3 is 24.4 Å². The molecule has 1 N–H and O–H groups in total. The lowest BCUT2D eigenvalue weighted by Gasteiger charge is -2.29. The minimum atomic E-state index is -0.0914. The topological polar surface area (TPSA) is 77.1 Å². The Morgan fingerprint density at radius 2 is 1.96 bits per heavy atom. The van der Waals surface area contributed by atoms with Crippen LogP contribution in [0.15, 0.2) is 0 Å². The first-order valence-corrected chi connectivity index (χ1v) is 9.66. The Labute approximate surface area is 158 Å². The van der Waals surface area contributed by atoms with Crippen molar-refractivity contribution in [1.29, 1.82) is 0 Å². The van der Waals surface area contributed by atoms with Crippen molar-refractivity contribution in [3.8, 4) is 17.2 Å². The minimum absolute atomic E-state index is 0.0855. The lowest BCUT2D eigenvalue weighted by atomic mass is 9.88. The van der Waals surface area contributed by atoms with E-state index in [0.29, 0.717) is 42.3 Å². The van der Waals surface area contributed by atoms with Crippen molar-refractivity contribution < 1.29 is 23.8 Å². The van der Waals surface area contributed by atoms with Crippen LogP contribution in [-0.2, 0) is 17.8 Å². The van der Waals surface area contributed by atoms with Gasteiger partial charge in [0.05, 0.1) is 12.7 Å². The Bertz CT molecular complexity index is 770. The molecule has 0 radical (unpaired) electrons. The van der Waals surface area contributed by atoms with E-state index in [-0.39, 0.29) is 24.5 Å². The summed E-state index contributed by atoms with van der Waals surface area (Å²) in [6.07, 6.45) is 6.04. The number of hydrogen-bond donors (Lipinski definition) is 1. The van der Waals surface area contributed by atoms with E-state index in [0.717, 1.165) is 36.8 Å². The van der Waals surface area contributed by atoms with Crippen LogP contribution in [-0.4, -0.2) is 44.2 Å². The average molecular weight is 374 g/mol. The molecule has 0 spiro atoms. The Balaban J connectivity index is 1.67. The Kier molecular flexibility index (Phi) is 4.85. The molecule has 0 saturated heterocycles. The first-order chi connectivity index (χ1) is 13.1. The van der Waals surface area contributed by atoms with Crippen LogP contribution in [0.5, 0.6) is 17.2 Å². The van der Waals surface area contributed by atoms with Gasteiger partial charge in [0, 0.05) is 31.6 Å². The van der Waals surface area contributed by atoms with Gasteiger partial charge in [-0.25, -0.2) is 0 Å². The van der Waals surface area contributed by atoms with Gasteiger partial charge in [-0.05, 0) is 24.8 Å². The van der Waals surface area contributed by atoms with E-state index in [9.17, 15) is 9.59 Å². The molecular formula is C20H26N2O5. The molecule has 2 amide bonds. The summed E-state index contributed by atoms with van der Waals surface area (Å²) in [5, 5.41) is 3.07. The van der Waals surface area contributed by atoms with Gasteiger partial charge in [0.2, 0.25) is 18.4 Å². The van der Waals surface area contributed by atoms with Crippen LogP contribution in [0.1, 0.15) is 53.6 Å². The van der Waals surface area contributed by atoms with E-state index in [1.54, 1.807) is 11.9 Å². The molecule has 0 atom stereocenters. The normalized spacial score (nSPS) is 19.0. The van der Waals surface area contributed by atoms with Crippen molar-refractivity contribution in [2.24, 2.45) is 5.92 Å². The molecule has 1 aliphatic carbocycles. The number of amides is 2. The fraction of sp³-hybridized carbons (Fsp3) is 0.600. The highest BCUT2D eigenvalue weighted by Gasteiger charge is 2.36. The summed E-state index contributed by atoms with van der Waals surface area (Å²) >= 11 is 0. The number of benzene rings is 1. The maximum atomic E-state index is 12.8. The summed E-state index contributed by atoms with van der Waals surface area (Å²) < 4.78 is 16.8. The van der Waals surface area contributed by atoms with Gasteiger partial charge >= 0.3 is 0 Å². The third-order valence-electron chi connectivity index (χ3n) is 5.86. The largest absolute Gasteiger partial charge is 0.492 e. The van der Waals surface area contributed by atoms with Crippen LogP contribution in [0.4, 0.5) is 0 Å². The van der Waals surface area contributed by atoms with Crippen molar-refractivity contribution in [1.82, 2.24) is 10.2 Å². The third kappa shape index (κ3) is 3.09. The summed E-state index contributed by atoms with van der Waals surface area (Å²) in [5.41, 5.74) is 2.25. The Morgan fingerprint density at radius 1 is 1.22 bits per heavy atom. The van der Waals surface area contributed by atoms with E-state index < -0.39 is 0 Å². The predicted molar refractivity (Wildman–Crippen MR) is 98.2 cm³/mol. The Morgan fingerprint density at radius 3 is 2.70 bits per heavy atom. The number of methoxy groups -OCH3 is 1. The van der Waals surface area contributed by atoms with Crippen molar-refractivity contribution in [2.45, 2.75) is 45.1 Å². The fourth-order valence-electron chi connectivity index (χ4n) is 4.35. The molecule has 0 aromatic heterocycles. The first kappa shape index (κ1) is 17.9. The van der Waals surface area contributed by atoms with Gasteiger partial charge in [-0.3, -0.25) is 9.59 Å². The van der Waals surface area contributed by atoms with Gasteiger partial charge in [-0.15, -0.1) is 0 Å². The van der Waals surface area contributed by atoms with Crippen LogP contribution >= 0.6 is 0 Å². The zero-order valence-electron chi connectivity index (χ0n) is 15.9. The molecule has 0 unspecified atom stereocenters. The van der Waals surface area contributed by atoms with E-state index in [1.165, 1.54) is 13.5 Å². The Hall–Kier alpha value is -2.44. The number of carbonyl (C=O) groups excluding carboxylic acids is 2. The molecule has 1 fully saturated rings. The second-order valence-electron chi connectivity index (χ2n) is 7.46. The molecule has 0 bridgehead atoms. The van der Waals surface area contributed by atoms with Gasteiger partial charge in [-0.1, -0.05) is 19.3 Å². The molecule has 7 nitrogen and oxygen atoms in total. The molecular weight excluding hydrogens is 348 g/mol. The lowest BCUT2D eigenvalue weighted by molar-refractivity contribution is -0.126. The molecule has 2 aliphatic heterocycles. The quantitative estimate of drug-likeness (QED) is 0.875. The molecule has 1 saturated carbocycles. The minimum Gasteiger partial charge on any atom is -0.492 e. The highest BCUT2D eigenvalue weighted by atomic mass is 16.7. The SMILES string of the molecule is COc1c2c(c(CNC(=O)C3CCCCC3)c3c1C(=O)N(C)CC3)OCO2. The molecule has 3 aliphatic rings. The van der Waals surface area contributed by atoms with Crippen LogP contribution in [0.25, 0.3) is 0 Å². The molecule has 4 rings (SSSR count). The van der Waals surface area contributed by atoms with Gasteiger partial charge in [0.1, 0.15) is 0 Å². The maximum absolute atomic E-state index is 12.8. The molecule has 27 heavy (non-hydrogen) atoms. The van der Waals surface area contributed by atoms with Crippen LogP contribution in [0.3, 0.4) is 0 Å². The van der Waals surface area contributed by atoms with Gasteiger partial charge in [0.15, 0.2) is 11.5 Å². The number of fused-ring (bicyclic) bond motifs is 2. The highest BCUT2D eigenvalue weighted by Crippen LogP contribution is 2.49. The van der Waals surface area contributed by atoms with Crippen molar-refractivity contribution in [3.63, 3.8) is 0 Å². The molecule has 2 heterocycles. The van der Waals surface area contributed by atoms with E-state index in [1.807, 2.05) is 0 Å². The summed E-state index contributed by atoms with van der Waals surface area (Å²) in [6.45, 7) is 1.05. The van der Waals surface area contributed by atoms with Crippen LogP contribution in [0.2, 0.25) is 0 Å². The lowest BCUT2D eigenvalue weighted by Crippen LogP contribution is -2.36. The smallest absolute Gasteiger partial charge is 0.257 e. The number of nitrogens with zero attached hydrogens (tertiary/aromatic N) is 1. The number of nitrogens with one attached hydrogen (secondary N) is 1. The number of likely N-dealkylation sites (N-methyl/N-ethyl adjacent to an activating group) is 1. The zero-order chi connectivity index (χ0) is 19.0. The van der Waals surface area contributed by atoms with Crippen LogP contribution in [0, 0.1) is 5.92 Å². The molecule has 7 heteroatoms. The van der Waals surface area contributed by atoms with Crippen molar-refractivity contribution in [3.05, 3.63) is 16.7 Å². The van der Waals surface area contributed by atoms with Crippen molar-refractivity contribution >= 4 is 11.8 Å². The van der Waals surface area contributed by atoms with Gasteiger partial charge in [0.25, 0.3) is 5.91 Å². The fourth-order valence-corrected chi connectivity index (χ4v) is 4.35. The van der Waals surface area contributed by atoms with Crippen molar-refractivity contribution in [2.75, 3.05) is 27.5 Å². The number of hydrogen-bond acceptors (Lipinski definition) is 5. The highest BCUT2D eigenvalue weighted by molar-refractivity contribution is 6.01. The number of rotatable bonds is 4. The number of ether oxygens (including phenoxy) is 3. The second kappa shape index (κ2) is 7.29. The molecule has 146 valence electrons. The average Bonchev–Trinajstić information content (AvgIpc) is 3.18. The van der Waals surface area contributed by atoms with E-state index >= 15 is 0 Å². The summed E-state index contributed by atoms with van der Waals surface area (Å²) in [5.74, 6) is 1.56. The standard InChI is InChI=1S/C20H26N2O5/c1-22-9-8-13-14(10-21-19(23)12-6-4-3-5-7-12)16-18(27-11-26-16)17(25-2)15(13)20(22)24/h12H,3-11H2,1-2H3,(H,21,23). The third-order valence-corrected chi connectivity index (χ3v) is 5.86. The van der Waals surface area contributed by atoms with E-state index in [4.69, 9.17) is 14.2 Å². The monoisotopic (exact) mass is 374 g/mol. The maximum Gasteiger partial charge on any atom is 0.257 e. The summed E-state index contributed by atoms with van der Waals surface area (Å²) in [4.78, 5) is 27.1. The first-order valence-electron chi connectivity index (χ1n) is 9.66. The molecule has 1 aromatic carbocycles. The summed E-state index contributed by atoms with van der Waals surface area (Å²) in [6, 6.07) is 0. The zero-order valence-corrected chi connectivity index (χ0v) is 15.9. The number of carbonyl (C=O) groups is 2. The van der Waals surface area contributed by atoms with Gasteiger partial charge in [-0.2, -0.15) is 0 Å². The summed E-state index contributed by atoms with van der Waals surface area (Å²) in [7, 11) is 3.31. The predicted octanol–water partition coefficient (Wildman–Crippen LogP) is 2.25.